The second-order valence-corrected chi connectivity index (χ2v) is 11.3. The zero-order valence-electron chi connectivity index (χ0n) is 23.1. The van der Waals surface area contributed by atoms with Crippen LogP contribution in [0.15, 0.2) is 52.9 Å². The average molecular weight is 560 g/mol. The van der Waals surface area contributed by atoms with E-state index in [4.69, 9.17) is 9.15 Å². The first kappa shape index (κ1) is 26.9. The Hall–Kier alpha value is -4.27. The zero-order chi connectivity index (χ0) is 28.9. The number of furan rings is 1. The maximum atomic E-state index is 13.4. The summed E-state index contributed by atoms with van der Waals surface area (Å²) in [6.07, 6.45) is 1.11. The van der Waals surface area contributed by atoms with Crippen molar-refractivity contribution in [3.05, 3.63) is 65.2 Å². The summed E-state index contributed by atoms with van der Waals surface area (Å²) in [6, 6.07) is 14.4. The summed E-state index contributed by atoms with van der Waals surface area (Å²) in [6.45, 7) is 1.32. The Balaban J connectivity index is 1.50. The number of pyridine rings is 1. The van der Waals surface area contributed by atoms with Crippen LogP contribution in [0.1, 0.15) is 52.0 Å². The Labute approximate surface area is 236 Å². The maximum absolute atomic E-state index is 13.4. The quantitative estimate of drug-likeness (QED) is 0.206. The summed E-state index contributed by atoms with van der Waals surface area (Å²) in [4.78, 5) is 31.1. The van der Waals surface area contributed by atoms with Crippen LogP contribution in [0, 0.1) is 18.3 Å². The van der Waals surface area contributed by atoms with Gasteiger partial charge in [-0.3, -0.25) is 9.59 Å². The highest BCUT2D eigenvalue weighted by atomic mass is 19.3. The Bertz CT molecular complexity index is 1640. The van der Waals surface area contributed by atoms with Gasteiger partial charge in [-0.15, -0.1) is 0 Å². The van der Waals surface area contributed by atoms with Gasteiger partial charge in [-0.25, -0.2) is 8.78 Å². The van der Waals surface area contributed by atoms with Crippen molar-refractivity contribution in [2.45, 2.75) is 39.0 Å². The Kier molecular flexibility index (Phi) is 6.76. The van der Waals surface area contributed by atoms with Crippen molar-refractivity contribution < 1.29 is 27.5 Å². The molecule has 0 atom stereocenters. The van der Waals surface area contributed by atoms with Gasteiger partial charge in [0, 0.05) is 24.6 Å². The minimum atomic E-state index is -2.62. The van der Waals surface area contributed by atoms with Crippen molar-refractivity contribution >= 4 is 28.6 Å². The number of rotatable bonds is 10. The summed E-state index contributed by atoms with van der Waals surface area (Å²) in [7, 11) is 3.05. The summed E-state index contributed by atoms with van der Waals surface area (Å²) >= 11 is 0. The number of aryl methyl sites for hydroxylation is 1. The first-order valence-corrected chi connectivity index (χ1v) is 13.7. The van der Waals surface area contributed by atoms with Crippen LogP contribution in [-0.2, 0) is 0 Å². The van der Waals surface area contributed by atoms with E-state index in [0.29, 0.717) is 45.6 Å². The number of nitrogens with one attached hydrogen (secondary N) is 2. The number of hydrogen-bond donors (Lipinski definition) is 2. The fourth-order valence-electron chi connectivity index (χ4n) is 6.21. The minimum Gasteiger partial charge on any atom is -0.496 e. The number of anilines is 1. The number of Topliss-reactive ketones (excluding diaryl/α,β-unsaturated/α-hetero) is 1. The number of ketones is 1. The van der Waals surface area contributed by atoms with Crippen LogP contribution in [0.25, 0.3) is 33.6 Å². The van der Waals surface area contributed by atoms with Gasteiger partial charge in [0.2, 0.25) is 5.71 Å². The molecule has 0 spiro atoms. The standard InChI is InChI=1S/C32H31F2N3O4/c1-17-4-6-19(7-5-17)28-27(30(39)35-2)23-11-21(29(36-16-26(33)34)37-31(23)41-28)20-8-9-25(40-3)22(10-20)24(38)15-32-12-18(13-32)14-32/h4-11,18,26H,12-16H2,1-3H3,(H,35,39)(H,36,37). The number of amides is 1. The number of methoxy groups -OCH3 is 1. The second kappa shape index (κ2) is 10.3. The van der Waals surface area contributed by atoms with E-state index in [1.165, 1.54) is 14.2 Å². The van der Waals surface area contributed by atoms with Gasteiger partial charge < -0.3 is 19.8 Å². The molecule has 2 aromatic carbocycles. The van der Waals surface area contributed by atoms with Gasteiger partial charge in [-0.2, -0.15) is 4.98 Å². The molecule has 7 nitrogen and oxygen atoms in total. The lowest BCUT2D eigenvalue weighted by molar-refractivity contribution is -0.103. The fourth-order valence-corrected chi connectivity index (χ4v) is 6.21. The van der Waals surface area contributed by atoms with E-state index in [-0.39, 0.29) is 34.2 Å². The molecule has 2 N–H and O–H groups in total. The van der Waals surface area contributed by atoms with Crippen molar-refractivity contribution in [3.8, 4) is 28.2 Å². The molecule has 0 aliphatic heterocycles. The average Bonchev–Trinajstić information content (AvgIpc) is 3.30. The van der Waals surface area contributed by atoms with E-state index >= 15 is 0 Å². The predicted molar refractivity (Wildman–Crippen MR) is 153 cm³/mol. The number of carbonyl (C=O) groups excluding carboxylic acids is 2. The number of ether oxygens (including phenoxy) is 1. The molecule has 2 bridgehead atoms. The molecule has 2 heterocycles. The molecule has 7 rings (SSSR count). The van der Waals surface area contributed by atoms with Crippen molar-refractivity contribution in [1.29, 1.82) is 0 Å². The molecule has 3 aliphatic rings. The molecule has 41 heavy (non-hydrogen) atoms. The Morgan fingerprint density at radius 2 is 1.80 bits per heavy atom. The van der Waals surface area contributed by atoms with Crippen LogP contribution in [0.2, 0.25) is 0 Å². The molecule has 9 heteroatoms. The number of benzene rings is 2. The highest BCUT2D eigenvalue weighted by molar-refractivity contribution is 6.12. The third-order valence-electron chi connectivity index (χ3n) is 8.39. The summed E-state index contributed by atoms with van der Waals surface area (Å²) < 4.78 is 38.2. The number of aromatic nitrogens is 1. The molecular weight excluding hydrogens is 528 g/mol. The van der Waals surface area contributed by atoms with Crippen LogP contribution in [0.3, 0.4) is 0 Å². The zero-order valence-corrected chi connectivity index (χ0v) is 23.1. The molecule has 1 amide bonds. The van der Waals surface area contributed by atoms with Crippen molar-refractivity contribution in [2.75, 3.05) is 26.0 Å². The lowest BCUT2D eigenvalue weighted by Gasteiger charge is -2.62. The van der Waals surface area contributed by atoms with Gasteiger partial charge >= 0.3 is 0 Å². The first-order valence-electron chi connectivity index (χ1n) is 13.7. The van der Waals surface area contributed by atoms with Gasteiger partial charge in [-0.1, -0.05) is 35.9 Å². The molecule has 3 saturated carbocycles. The Morgan fingerprint density at radius 3 is 2.41 bits per heavy atom. The normalized spacial score (nSPS) is 19.0. The van der Waals surface area contributed by atoms with Gasteiger partial charge in [0.25, 0.3) is 12.3 Å². The van der Waals surface area contributed by atoms with E-state index in [2.05, 4.69) is 15.6 Å². The number of halogens is 2. The minimum absolute atomic E-state index is 0.00556. The van der Waals surface area contributed by atoms with Gasteiger partial charge in [0.1, 0.15) is 17.3 Å². The summed E-state index contributed by atoms with van der Waals surface area (Å²) in [5.41, 5.74) is 3.74. The molecule has 2 aromatic heterocycles. The number of carbonyl (C=O) groups is 2. The lowest BCUT2D eigenvalue weighted by Crippen LogP contribution is -2.52. The lowest BCUT2D eigenvalue weighted by atomic mass is 9.43. The largest absolute Gasteiger partial charge is 0.496 e. The van der Waals surface area contributed by atoms with E-state index < -0.39 is 13.0 Å². The monoisotopic (exact) mass is 559 g/mol. The molecule has 0 radical (unpaired) electrons. The van der Waals surface area contributed by atoms with Crippen molar-refractivity contribution in [1.82, 2.24) is 10.3 Å². The van der Waals surface area contributed by atoms with E-state index in [9.17, 15) is 18.4 Å². The maximum Gasteiger partial charge on any atom is 0.255 e. The fraction of sp³-hybridized carbons (Fsp3) is 0.344. The summed E-state index contributed by atoms with van der Waals surface area (Å²) in [5, 5.41) is 5.82. The predicted octanol–water partition coefficient (Wildman–Crippen LogP) is 6.89. The van der Waals surface area contributed by atoms with Crippen LogP contribution in [-0.4, -0.2) is 43.8 Å². The van der Waals surface area contributed by atoms with E-state index in [0.717, 1.165) is 30.7 Å². The van der Waals surface area contributed by atoms with E-state index in [1.807, 2.05) is 31.2 Å². The number of fused-ring (bicyclic) bond motifs is 1. The number of alkyl halides is 2. The number of nitrogens with zero attached hydrogens (tertiary/aromatic N) is 1. The van der Waals surface area contributed by atoms with Crippen molar-refractivity contribution in [2.24, 2.45) is 11.3 Å². The van der Waals surface area contributed by atoms with Gasteiger partial charge in [0.05, 0.1) is 30.2 Å². The third kappa shape index (κ3) is 4.83. The molecule has 4 aromatic rings. The molecule has 212 valence electrons. The van der Waals surface area contributed by atoms with Gasteiger partial charge in [-0.05, 0) is 61.3 Å². The molecule has 3 aliphatic carbocycles. The first-order chi connectivity index (χ1) is 19.7. The second-order valence-electron chi connectivity index (χ2n) is 11.3. The van der Waals surface area contributed by atoms with E-state index in [1.54, 1.807) is 24.3 Å². The molecule has 3 fully saturated rings. The third-order valence-corrected chi connectivity index (χ3v) is 8.39. The highest BCUT2D eigenvalue weighted by Gasteiger charge is 2.57. The van der Waals surface area contributed by atoms with Gasteiger partial charge in [0.15, 0.2) is 5.78 Å². The van der Waals surface area contributed by atoms with Crippen LogP contribution < -0.4 is 15.4 Å². The smallest absolute Gasteiger partial charge is 0.255 e. The molecule has 0 saturated heterocycles. The topological polar surface area (TPSA) is 93.5 Å². The highest BCUT2D eigenvalue weighted by Crippen LogP contribution is 2.66. The van der Waals surface area contributed by atoms with Crippen LogP contribution in [0.4, 0.5) is 14.6 Å². The van der Waals surface area contributed by atoms with Crippen LogP contribution in [0.5, 0.6) is 5.75 Å². The summed E-state index contributed by atoms with van der Waals surface area (Å²) in [5.74, 6) is 1.32. The molecular formula is C32H31F2N3O4. The Morgan fingerprint density at radius 1 is 1.10 bits per heavy atom. The number of hydrogen-bond acceptors (Lipinski definition) is 6. The molecule has 0 unspecified atom stereocenters. The van der Waals surface area contributed by atoms with Crippen molar-refractivity contribution in [3.63, 3.8) is 0 Å². The van der Waals surface area contributed by atoms with Crippen LogP contribution >= 0.6 is 0 Å². The SMILES string of the molecule is CNC(=O)c1c(-c2ccc(C)cc2)oc2nc(NCC(F)F)c(-c3ccc(OC)c(C(=O)CC45CC(C4)C5)c3)cc12.